The van der Waals surface area contributed by atoms with E-state index in [1.807, 2.05) is 36.4 Å². The lowest BCUT2D eigenvalue weighted by atomic mass is 9.70. The topological polar surface area (TPSA) is 17.1 Å². The average molecular weight is 264 g/mol. The van der Waals surface area contributed by atoms with Crippen LogP contribution in [0.25, 0.3) is 0 Å². The van der Waals surface area contributed by atoms with E-state index in [1.54, 1.807) is 0 Å². The lowest BCUT2D eigenvalue weighted by Gasteiger charge is -2.32. The molecule has 0 amide bonds. The van der Waals surface area contributed by atoms with Gasteiger partial charge in [0.05, 0.1) is 5.92 Å². The molecule has 2 aromatic carbocycles. The molecule has 0 spiro atoms. The quantitative estimate of drug-likeness (QED) is 0.723. The van der Waals surface area contributed by atoms with Crippen LogP contribution in [-0.4, -0.2) is 5.78 Å². The molecule has 0 bridgehead atoms. The summed E-state index contributed by atoms with van der Waals surface area (Å²) in [6.45, 7) is 6.68. The van der Waals surface area contributed by atoms with E-state index in [4.69, 9.17) is 0 Å². The summed E-state index contributed by atoms with van der Waals surface area (Å²) in [5.41, 5.74) is 3.30. The lowest BCUT2D eigenvalue weighted by Crippen LogP contribution is -2.23. The van der Waals surface area contributed by atoms with Gasteiger partial charge in [0.15, 0.2) is 5.78 Å². The highest BCUT2D eigenvalue weighted by molar-refractivity contribution is 6.06. The Morgan fingerprint density at radius 3 is 2.10 bits per heavy atom. The number of Topliss-reactive ketones (excluding diaryl/α,β-unsaturated/α-hetero) is 1. The van der Waals surface area contributed by atoms with Crippen LogP contribution in [-0.2, 0) is 0 Å². The SMILES string of the molecule is CC(C)(C)C1c2ccccc2C(=O)C1c1ccccc1. The van der Waals surface area contributed by atoms with Crippen molar-refractivity contribution in [2.45, 2.75) is 32.6 Å². The summed E-state index contributed by atoms with van der Waals surface area (Å²) < 4.78 is 0. The highest BCUT2D eigenvalue weighted by atomic mass is 16.1. The Bertz CT molecular complexity index is 634. The Balaban J connectivity index is 2.18. The van der Waals surface area contributed by atoms with Crippen LogP contribution < -0.4 is 0 Å². The van der Waals surface area contributed by atoms with E-state index in [9.17, 15) is 4.79 Å². The monoisotopic (exact) mass is 264 g/mol. The molecule has 3 rings (SSSR count). The maximum absolute atomic E-state index is 12.9. The van der Waals surface area contributed by atoms with Crippen molar-refractivity contribution in [2.75, 3.05) is 0 Å². The van der Waals surface area contributed by atoms with Crippen molar-refractivity contribution in [3.63, 3.8) is 0 Å². The molecule has 0 fully saturated rings. The van der Waals surface area contributed by atoms with E-state index in [1.165, 1.54) is 5.56 Å². The summed E-state index contributed by atoms with van der Waals surface area (Å²) >= 11 is 0. The number of fused-ring (bicyclic) bond motifs is 1. The fraction of sp³-hybridized carbons (Fsp3) is 0.316. The Kier molecular flexibility index (Phi) is 3.01. The van der Waals surface area contributed by atoms with Crippen LogP contribution in [0.15, 0.2) is 54.6 Å². The van der Waals surface area contributed by atoms with Crippen LogP contribution in [0.2, 0.25) is 0 Å². The van der Waals surface area contributed by atoms with Gasteiger partial charge in [0.1, 0.15) is 0 Å². The summed E-state index contributed by atoms with van der Waals surface area (Å²) in [6, 6.07) is 18.3. The van der Waals surface area contributed by atoms with Crippen LogP contribution in [0, 0.1) is 5.41 Å². The smallest absolute Gasteiger partial charge is 0.171 e. The first-order valence-electron chi connectivity index (χ1n) is 7.18. The standard InChI is InChI=1S/C19H20O/c1-19(2,3)17-14-11-7-8-12-15(14)18(20)16(17)13-9-5-4-6-10-13/h4-12,16-17H,1-3H3. The Morgan fingerprint density at radius 2 is 1.45 bits per heavy atom. The second-order valence-corrected chi connectivity index (χ2v) is 6.68. The van der Waals surface area contributed by atoms with E-state index in [-0.39, 0.29) is 23.0 Å². The predicted octanol–water partition coefficient (Wildman–Crippen LogP) is 4.80. The maximum atomic E-state index is 12.9. The second-order valence-electron chi connectivity index (χ2n) is 6.68. The molecule has 0 aromatic heterocycles. The minimum absolute atomic E-state index is 0.0476. The first-order chi connectivity index (χ1) is 9.50. The summed E-state index contributed by atoms with van der Waals surface area (Å²) in [7, 11) is 0. The highest BCUT2D eigenvalue weighted by Crippen LogP contribution is 2.52. The Morgan fingerprint density at radius 1 is 0.850 bits per heavy atom. The van der Waals surface area contributed by atoms with Crippen molar-refractivity contribution < 1.29 is 4.79 Å². The first kappa shape index (κ1) is 13.1. The van der Waals surface area contributed by atoms with Gasteiger partial charge in [-0.25, -0.2) is 0 Å². The molecule has 2 aromatic rings. The Hall–Kier alpha value is -1.89. The van der Waals surface area contributed by atoms with Crippen LogP contribution in [0.3, 0.4) is 0 Å². The molecule has 1 heteroatoms. The molecule has 0 saturated carbocycles. The third-order valence-electron chi connectivity index (χ3n) is 4.27. The number of hydrogen-bond acceptors (Lipinski definition) is 1. The molecule has 20 heavy (non-hydrogen) atoms. The van der Waals surface area contributed by atoms with Gasteiger partial charge < -0.3 is 0 Å². The number of ketones is 1. The van der Waals surface area contributed by atoms with E-state index in [0.717, 1.165) is 11.1 Å². The highest BCUT2D eigenvalue weighted by Gasteiger charge is 2.45. The van der Waals surface area contributed by atoms with E-state index in [0.29, 0.717) is 0 Å². The van der Waals surface area contributed by atoms with Gasteiger partial charge in [-0.1, -0.05) is 75.4 Å². The molecule has 1 nitrogen and oxygen atoms in total. The molecule has 0 aliphatic heterocycles. The number of rotatable bonds is 1. The summed E-state index contributed by atoms with van der Waals surface area (Å²) in [4.78, 5) is 12.9. The van der Waals surface area contributed by atoms with Crippen LogP contribution >= 0.6 is 0 Å². The fourth-order valence-corrected chi connectivity index (χ4v) is 3.46. The fourth-order valence-electron chi connectivity index (χ4n) is 3.46. The second kappa shape index (κ2) is 4.59. The zero-order valence-electron chi connectivity index (χ0n) is 12.3. The van der Waals surface area contributed by atoms with Gasteiger partial charge in [0.2, 0.25) is 0 Å². The van der Waals surface area contributed by atoms with Gasteiger partial charge in [-0.2, -0.15) is 0 Å². The zero-order chi connectivity index (χ0) is 14.3. The van der Waals surface area contributed by atoms with Gasteiger partial charge in [-0.15, -0.1) is 0 Å². The molecule has 0 saturated heterocycles. The molecule has 2 atom stereocenters. The molecular weight excluding hydrogens is 244 g/mol. The Labute approximate surface area is 120 Å². The largest absolute Gasteiger partial charge is 0.293 e. The van der Waals surface area contributed by atoms with Crippen molar-refractivity contribution in [3.8, 4) is 0 Å². The lowest BCUT2D eigenvalue weighted by molar-refractivity contribution is 0.0943. The predicted molar refractivity (Wildman–Crippen MR) is 82.2 cm³/mol. The van der Waals surface area contributed by atoms with E-state index >= 15 is 0 Å². The van der Waals surface area contributed by atoms with Crippen molar-refractivity contribution in [2.24, 2.45) is 5.41 Å². The number of carbonyl (C=O) groups is 1. The van der Waals surface area contributed by atoms with Crippen molar-refractivity contribution in [1.29, 1.82) is 0 Å². The van der Waals surface area contributed by atoms with Gasteiger partial charge in [-0.3, -0.25) is 4.79 Å². The van der Waals surface area contributed by atoms with Crippen molar-refractivity contribution >= 4 is 5.78 Å². The van der Waals surface area contributed by atoms with Crippen LogP contribution in [0.4, 0.5) is 0 Å². The molecular formula is C19H20O. The molecule has 0 radical (unpaired) electrons. The molecule has 1 aliphatic rings. The number of hydrogen-bond donors (Lipinski definition) is 0. The summed E-state index contributed by atoms with van der Waals surface area (Å²) in [5, 5.41) is 0. The minimum atomic E-state index is -0.0476. The summed E-state index contributed by atoms with van der Waals surface area (Å²) in [5.74, 6) is 0.467. The molecule has 0 N–H and O–H groups in total. The van der Waals surface area contributed by atoms with E-state index in [2.05, 4.69) is 39.0 Å². The molecule has 102 valence electrons. The van der Waals surface area contributed by atoms with Crippen molar-refractivity contribution in [3.05, 3.63) is 71.3 Å². The van der Waals surface area contributed by atoms with Crippen LogP contribution in [0.1, 0.15) is 54.1 Å². The minimum Gasteiger partial charge on any atom is -0.293 e. The normalized spacial score (nSPS) is 21.9. The average Bonchev–Trinajstić information content (AvgIpc) is 2.73. The van der Waals surface area contributed by atoms with Crippen LogP contribution in [0.5, 0.6) is 0 Å². The first-order valence-corrected chi connectivity index (χ1v) is 7.18. The van der Waals surface area contributed by atoms with Gasteiger partial charge in [0.25, 0.3) is 0 Å². The molecule has 1 aliphatic carbocycles. The van der Waals surface area contributed by atoms with E-state index < -0.39 is 0 Å². The third kappa shape index (κ3) is 1.98. The summed E-state index contributed by atoms with van der Waals surface area (Å²) in [6.07, 6.45) is 0. The number of benzene rings is 2. The maximum Gasteiger partial charge on any atom is 0.171 e. The van der Waals surface area contributed by atoms with Gasteiger partial charge in [0, 0.05) is 11.5 Å². The van der Waals surface area contributed by atoms with Crippen molar-refractivity contribution in [1.82, 2.24) is 0 Å². The molecule has 2 unspecified atom stereocenters. The van der Waals surface area contributed by atoms with Gasteiger partial charge in [-0.05, 0) is 16.5 Å². The number of carbonyl (C=O) groups excluding carboxylic acids is 1. The zero-order valence-corrected chi connectivity index (χ0v) is 12.3. The third-order valence-corrected chi connectivity index (χ3v) is 4.27. The van der Waals surface area contributed by atoms with Gasteiger partial charge >= 0.3 is 0 Å². The molecule has 0 heterocycles.